The molecule has 21 heavy (non-hydrogen) atoms. The van der Waals surface area contributed by atoms with Gasteiger partial charge in [0.1, 0.15) is 11.0 Å². The van der Waals surface area contributed by atoms with Crippen molar-refractivity contribution in [3.05, 3.63) is 29.8 Å². The van der Waals surface area contributed by atoms with Crippen LogP contribution in [0.15, 0.2) is 24.3 Å². The fourth-order valence-electron chi connectivity index (χ4n) is 1.79. The van der Waals surface area contributed by atoms with Gasteiger partial charge in [0.2, 0.25) is 5.91 Å². The van der Waals surface area contributed by atoms with Gasteiger partial charge in [-0.05, 0) is 40.7 Å². The number of hydrogen-bond donors (Lipinski definition) is 1. The van der Waals surface area contributed by atoms with Gasteiger partial charge in [0, 0.05) is 21.9 Å². The van der Waals surface area contributed by atoms with E-state index >= 15 is 0 Å². The summed E-state index contributed by atoms with van der Waals surface area (Å²) in [6.07, 6.45) is 0. The van der Waals surface area contributed by atoms with E-state index in [-0.39, 0.29) is 11.4 Å². The highest BCUT2D eigenvalue weighted by Gasteiger charge is 2.24. The first kappa shape index (κ1) is 17.7. The number of para-hydroxylation sites is 1. The second kappa shape index (κ2) is 7.59. The molecule has 1 aromatic rings. The molecule has 0 aromatic heterocycles. The summed E-state index contributed by atoms with van der Waals surface area (Å²) in [5.74, 6) is 0.862. The maximum Gasteiger partial charge on any atom is 0.235 e. The van der Waals surface area contributed by atoms with E-state index in [2.05, 4.69) is 5.32 Å². The highest BCUT2D eigenvalue weighted by atomic mass is 32.2. The number of rotatable bonds is 6. The summed E-state index contributed by atoms with van der Waals surface area (Å²) in [7, 11) is -1.29. The van der Waals surface area contributed by atoms with Crippen LogP contribution in [0.25, 0.3) is 0 Å². The first-order valence-electron chi connectivity index (χ1n) is 7.14. The molecule has 4 nitrogen and oxygen atoms in total. The molecule has 0 aliphatic carbocycles. The summed E-state index contributed by atoms with van der Waals surface area (Å²) in [6.45, 7) is 9.89. The second-order valence-electron chi connectivity index (χ2n) is 5.95. The summed E-state index contributed by atoms with van der Waals surface area (Å²) < 4.78 is 17.9. The Labute approximate surface area is 129 Å². The Hall–Kier alpha value is -1.36. The molecule has 0 fully saturated rings. The Kier molecular flexibility index (Phi) is 6.40. The van der Waals surface area contributed by atoms with Crippen molar-refractivity contribution in [1.29, 1.82) is 0 Å². The molecule has 0 aliphatic rings. The SMILES string of the molecule is CCOc1ccccc1CS(=O)C(C)C(=O)NC(C)(C)C. The predicted molar refractivity (Wildman–Crippen MR) is 86.8 cm³/mol. The molecule has 0 spiro atoms. The van der Waals surface area contributed by atoms with Crippen LogP contribution in [0.2, 0.25) is 0 Å². The van der Waals surface area contributed by atoms with Gasteiger partial charge in [0.25, 0.3) is 0 Å². The van der Waals surface area contributed by atoms with Crippen molar-refractivity contribution in [2.24, 2.45) is 0 Å². The summed E-state index contributed by atoms with van der Waals surface area (Å²) in [5, 5.41) is 2.31. The first-order chi connectivity index (χ1) is 9.74. The van der Waals surface area contributed by atoms with Crippen molar-refractivity contribution in [1.82, 2.24) is 5.32 Å². The lowest BCUT2D eigenvalue weighted by Gasteiger charge is -2.23. The molecule has 5 heteroatoms. The average Bonchev–Trinajstić information content (AvgIpc) is 2.38. The quantitative estimate of drug-likeness (QED) is 0.878. The predicted octanol–water partition coefficient (Wildman–Crippen LogP) is 2.64. The fraction of sp³-hybridized carbons (Fsp3) is 0.562. The van der Waals surface area contributed by atoms with Crippen LogP contribution in [0.4, 0.5) is 0 Å². The highest BCUT2D eigenvalue weighted by Crippen LogP contribution is 2.20. The van der Waals surface area contributed by atoms with Gasteiger partial charge < -0.3 is 10.1 Å². The average molecular weight is 311 g/mol. The molecule has 0 aliphatic heterocycles. The second-order valence-corrected chi connectivity index (χ2v) is 7.70. The number of ether oxygens (including phenoxy) is 1. The van der Waals surface area contributed by atoms with Crippen LogP contribution in [-0.4, -0.2) is 27.5 Å². The Morgan fingerprint density at radius 3 is 2.52 bits per heavy atom. The van der Waals surface area contributed by atoms with E-state index in [1.807, 2.05) is 52.0 Å². The molecule has 1 aromatic carbocycles. The lowest BCUT2D eigenvalue weighted by molar-refractivity contribution is -0.121. The summed E-state index contributed by atoms with van der Waals surface area (Å²) in [4.78, 5) is 12.1. The first-order valence-corrected chi connectivity index (χ1v) is 8.52. The lowest BCUT2D eigenvalue weighted by atomic mass is 10.1. The minimum Gasteiger partial charge on any atom is -0.494 e. The molecule has 0 radical (unpaired) electrons. The van der Waals surface area contributed by atoms with Crippen molar-refractivity contribution >= 4 is 16.7 Å². The van der Waals surface area contributed by atoms with Crippen LogP contribution in [0.3, 0.4) is 0 Å². The maximum atomic E-state index is 12.4. The van der Waals surface area contributed by atoms with Crippen molar-refractivity contribution in [3.8, 4) is 5.75 Å². The van der Waals surface area contributed by atoms with Gasteiger partial charge in [-0.2, -0.15) is 0 Å². The monoisotopic (exact) mass is 311 g/mol. The van der Waals surface area contributed by atoms with Crippen LogP contribution >= 0.6 is 0 Å². The van der Waals surface area contributed by atoms with E-state index < -0.39 is 16.0 Å². The molecule has 2 atom stereocenters. The van der Waals surface area contributed by atoms with Crippen LogP contribution in [-0.2, 0) is 21.3 Å². The van der Waals surface area contributed by atoms with Crippen molar-refractivity contribution in [2.75, 3.05) is 6.61 Å². The van der Waals surface area contributed by atoms with E-state index in [1.165, 1.54) is 0 Å². The molecule has 0 saturated carbocycles. The molecule has 1 N–H and O–H groups in total. The zero-order chi connectivity index (χ0) is 16.0. The van der Waals surface area contributed by atoms with Crippen molar-refractivity contribution < 1.29 is 13.7 Å². The van der Waals surface area contributed by atoms with E-state index in [9.17, 15) is 9.00 Å². The molecule has 1 amide bonds. The minimum atomic E-state index is -1.29. The third-order valence-corrected chi connectivity index (χ3v) is 4.43. The van der Waals surface area contributed by atoms with Crippen LogP contribution in [0, 0.1) is 0 Å². The van der Waals surface area contributed by atoms with Crippen molar-refractivity contribution in [2.45, 2.75) is 51.2 Å². The Morgan fingerprint density at radius 2 is 1.95 bits per heavy atom. The largest absolute Gasteiger partial charge is 0.494 e. The summed E-state index contributed by atoms with van der Waals surface area (Å²) >= 11 is 0. The van der Waals surface area contributed by atoms with Gasteiger partial charge in [0.15, 0.2) is 0 Å². The third-order valence-electron chi connectivity index (χ3n) is 2.83. The van der Waals surface area contributed by atoms with Crippen LogP contribution in [0.1, 0.15) is 40.2 Å². The number of nitrogens with one attached hydrogen (secondary N) is 1. The zero-order valence-corrected chi connectivity index (χ0v) is 14.3. The lowest BCUT2D eigenvalue weighted by Crippen LogP contribution is -2.46. The maximum absolute atomic E-state index is 12.4. The minimum absolute atomic E-state index is 0.185. The number of amides is 1. The Bertz CT molecular complexity index is 508. The van der Waals surface area contributed by atoms with Gasteiger partial charge in [-0.15, -0.1) is 0 Å². The molecule has 0 heterocycles. The topological polar surface area (TPSA) is 55.4 Å². The number of benzene rings is 1. The third kappa shape index (κ3) is 5.87. The van der Waals surface area contributed by atoms with E-state index in [0.717, 1.165) is 11.3 Å². The van der Waals surface area contributed by atoms with Crippen LogP contribution in [0.5, 0.6) is 5.75 Å². The molecule has 0 bridgehead atoms. The molecule has 1 rings (SSSR count). The number of carbonyl (C=O) groups excluding carboxylic acids is 1. The van der Waals surface area contributed by atoms with E-state index in [1.54, 1.807) is 6.92 Å². The fourth-order valence-corrected chi connectivity index (χ4v) is 2.88. The van der Waals surface area contributed by atoms with Gasteiger partial charge >= 0.3 is 0 Å². The van der Waals surface area contributed by atoms with E-state index in [4.69, 9.17) is 4.74 Å². The Morgan fingerprint density at radius 1 is 1.33 bits per heavy atom. The molecule has 118 valence electrons. The smallest absolute Gasteiger partial charge is 0.235 e. The van der Waals surface area contributed by atoms with Crippen molar-refractivity contribution in [3.63, 3.8) is 0 Å². The van der Waals surface area contributed by atoms with Gasteiger partial charge in [0.05, 0.1) is 12.4 Å². The summed E-state index contributed by atoms with van der Waals surface area (Å²) in [6, 6.07) is 7.51. The van der Waals surface area contributed by atoms with E-state index in [0.29, 0.717) is 12.4 Å². The standard InChI is InChI=1S/C16H25NO3S/c1-6-20-14-10-8-7-9-13(14)11-21(19)12(2)15(18)17-16(3,4)5/h7-10,12H,6,11H2,1-5H3,(H,17,18). The van der Waals surface area contributed by atoms with Gasteiger partial charge in [-0.1, -0.05) is 18.2 Å². The molecular formula is C16H25NO3S. The highest BCUT2D eigenvalue weighted by molar-refractivity contribution is 7.85. The number of hydrogen-bond acceptors (Lipinski definition) is 3. The normalized spacial score (nSPS) is 14.3. The Balaban J connectivity index is 2.75. The molecule has 0 saturated heterocycles. The summed E-state index contributed by atoms with van der Waals surface area (Å²) in [5.41, 5.74) is 0.548. The van der Waals surface area contributed by atoms with Gasteiger partial charge in [-0.3, -0.25) is 9.00 Å². The molecular weight excluding hydrogens is 286 g/mol. The zero-order valence-electron chi connectivity index (χ0n) is 13.4. The van der Waals surface area contributed by atoms with Gasteiger partial charge in [-0.25, -0.2) is 0 Å². The number of carbonyl (C=O) groups is 1. The van der Waals surface area contributed by atoms with Crippen LogP contribution < -0.4 is 10.1 Å². The molecule has 2 unspecified atom stereocenters.